The average Bonchev–Trinajstić information content (AvgIpc) is 3.28. The summed E-state index contributed by atoms with van der Waals surface area (Å²) in [5.41, 5.74) is 2.39. The van der Waals surface area contributed by atoms with E-state index < -0.39 is 6.17 Å². The third kappa shape index (κ3) is 2.91. The highest BCUT2D eigenvalue weighted by Gasteiger charge is 2.35. The zero-order valence-corrected chi connectivity index (χ0v) is 16.0. The third-order valence-electron chi connectivity index (χ3n) is 5.35. The largest absolute Gasteiger partial charge is 0.496 e. The summed E-state index contributed by atoms with van der Waals surface area (Å²) in [5, 5.41) is 5.69. The van der Waals surface area contributed by atoms with Crippen molar-refractivity contribution in [3.63, 3.8) is 0 Å². The molecule has 1 unspecified atom stereocenters. The van der Waals surface area contributed by atoms with Crippen LogP contribution in [0.3, 0.4) is 0 Å². The first kappa shape index (κ1) is 17.4. The summed E-state index contributed by atoms with van der Waals surface area (Å²) >= 11 is 0. The van der Waals surface area contributed by atoms with Crippen LogP contribution in [0.1, 0.15) is 27.8 Å². The van der Waals surface area contributed by atoms with E-state index in [4.69, 9.17) is 9.15 Å². The van der Waals surface area contributed by atoms with Crippen molar-refractivity contribution < 1.29 is 13.9 Å². The molecule has 1 aromatic heterocycles. The third-order valence-corrected chi connectivity index (χ3v) is 5.35. The lowest BCUT2D eigenvalue weighted by Crippen LogP contribution is -2.42. The maximum atomic E-state index is 13.5. The summed E-state index contributed by atoms with van der Waals surface area (Å²) in [6.45, 7) is 0.351. The molecule has 1 amide bonds. The summed E-state index contributed by atoms with van der Waals surface area (Å²) in [5.74, 6) is 1.41. The zero-order chi connectivity index (χ0) is 19.8. The Labute approximate surface area is 168 Å². The summed E-state index contributed by atoms with van der Waals surface area (Å²) < 4.78 is 11.3. The predicted molar refractivity (Wildman–Crippen MR) is 112 cm³/mol. The first-order chi connectivity index (χ1) is 14.3. The Morgan fingerprint density at radius 3 is 2.66 bits per heavy atom. The van der Waals surface area contributed by atoms with E-state index in [1.54, 1.807) is 18.3 Å². The highest BCUT2D eigenvalue weighted by molar-refractivity contribution is 6.02. The molecule has 0 saturated heterocycles. The Morgan fingerprint density at radius 1 is 1.00 bits per heavy atom. The van der Waals surface area contributed by atoms with Crippen LogP contribution in [-0.2, 0) is 6.54 Å². The van der Waals surface area contributed by atoms with Crippen LogP contribution < -0.4 is 10.1 Å². The fourth-order valence-corrected chi connectivity index (χ4v) is 3.99. The number of furan rings is 1. The molecular formula is C24H20N2O3. The van der Waals surface area contributed by atoms with Gasteiger partial charge in [-0.05, 0) is 41.1 Å². The lowest BCUT2D eigenvalue weighted by molar-refractivity contribution is 0.0650. The van der Waals surface area contributed by atoms with Crippen LogP contribution in [0.5, 0.6) is 5.75 Å². The van der Waals surface area contributed by atoms with Crippen molar-refractivity contribution in [3.8, 4) is 5.75 Å². The lowest BCUT2D eigenvalue weighted by Gasteiger charge is -2.38. The second-order valence-electron chi connectivity index (χ2n) is 7.01. The van der Waals surface area contributed by atoms with E-state index in [1.807, 2.05) is 60.7 Å². The second kappa shape index (κ2) is 7.02. The Balaban J connectivity index is 1.71. The summed E-state index contributed by atoms with van der Waals surface area (Å²) in [7, 11) is 1.66. The molecule has 1 aliphatic rings. The van der Waals surface area contributed by atoms with E-state index in [0.29, 0.717) is 12.1 Å². The number of ether oxygens (including phenoxy) is 1. The highest BCUT2D eigenvalue weighted by Crippen LogP contribution is 2.41. The smallest absolute Gasteiger partial charge is 0.258 e. The Hall–Kier alpha value is -3.73. The van der Waals surface area contributed by atoms with Gasteiger partial charge >= 0.3 is 0 Å². The fourth-order valence-electron chi connectivity index (χ4n) is 3.99. The van der Waals surface area contributed by atoms with E-state index in [-0.39, 0.29) is 5.91 Å². The molecule has 1 atom stereocenters. The number of fused-ring (bicyclic) bond motifs is 2. The number of carbonyl (C=O) groups is 1. The number of hydrogen-bond donors (Lipinski definition) is 1. The molecule has 0 fully saturated rings. The number of anilines is 1. The van der Waals surface area contributed by atoms with Crippen LogP contribution in [-0.4, -0.2) is 17.9 Å². The topological polar surface area (TPSA) is 54.7 Å². The molecule has 0 saturated carbocycles. The van der Waals surface area contributed by atoms with E-state index in [2.05, 4.69) is 17.4 Å². The van der Waals surface area contributed by atoms with Gasteiger partial charge in [-0.2, -0.15) is 0 Å². The standard InChI is InChI=1S/C24H20N2O3/c1-28-21-13-12-16-7-2-3-9-18(16)22(21)23-25-20-11-5-4-10-19(20)24(27)26(23)15-17-8-6-14-29-17/h2-14,23,25H,15H2,1H3. The van der Waals surface area contributed by atoms with Crippen molar-refractivity contribution in [2.24, 2.45) is 0 Å². The van der Waals surface area contributed by atoms with Gasteiger partial charge in [0.1, 0.15) is 17.7 Å². The van der Waals surface area contributed by atoms with Crippen molar-refractivity contribution in [2.45, 2.75) is 12.7 Å². The second-order valence-corrected chi connectivity index (χ2v) is 7.01. The van der Waals surface area contributed by atoms with E-state index in [1.165, 1.54) is 0 Å². The van der Waals surface area contributed by atoms with Crippen LogP contribution in [0.2, 0.25) is 0 Å². The maximum Gasteiger partial charge on any atom is 0.258 e. The molecular weight excluding hydrogens is 364 g/mol. The maximum absolute atomic E-state index is 13.5. The Kier molecular flexibility index (Phi) is 4.21. The number of hydrogen-bond acceptors (Lipinski definition) is 4. The number of methoxy groups -OCH3 is 1. The molecule has 0 bridgehead atoms. The number of nitrogens with one attached hydrogen (secondary N) is 1. The van der Waals surface area contributed by atoms with Crippen molar-refractivity contribution in [1.82, 2.24) is 4.90 Å². The zero-order valence-electron chi connectivity index (χ0n) is 16.0. The molecule has 5 rings (SSSR count). The van der Waals surface area contributed by atoms with Crippen LogP contribution in [0, 0.1) is 0 Å². The van der Waals surface area contributed by atoms with Gasteiger partial charge < -0.3 is 19.4 Å². The molecule has 144 valence electrons. The monoisotopic (exact) mass is 384 g/mol. The summed E-state index contributed by atoms with van der Waals surface area (Å²) in [4.78, 5) is 15.3. The summed E-state index contributed by atoms with van der Waals surface area (Å²) in [6.07, 6.45) is 1.22. The van der Waals surface area contributed by atoms with E-state index in [0.717, 1.165) is 33.5 Å². The van der Waals surface area contributed by atoms with E-state index >= 15 is 0 Å². The molecule has 0 aliphatic carbocycles. The minimum atomic E-state index is -0.399. The van der Waals surface area contributed by atoms with Gasteiger partial charge in [-0.25, -0.2) is 0 Å². The van der Waals surface area contributed by atoms with Crippen LogP contribution in [0.15, 0.2) is 83.5 Å². The fraction of sp³-hybridized carbons (Fsp3) is 0.125. The molecule has 4 aromatic rings. The van der Waals surface area contributed by atoms with Gasteiger partial charge in [-0.1, -0.05) is 42.5 Å². The number of nitrogens with zero attached hydrogens (tertiary/aromatic N) is 1. The molecule has 1 N–H and O–H groups in total. The summed E-state index contributed by atoms with van der Waals surface area (Å²) in [6, 6.07) is 23.4. The number of rotatable bonds is 4. The van der Waals surface area contributed by atoms with Gasteiger partial charge in [0.05, 0.1) is 25.5 Å². The molecule has 2 heterocycles. The molecule has 5 nitrogen and oxygen atoms in total. The Bertz CT molecular complexity index is 1180. The average molecular weight is 384 g/mol. The van der Waals surface area contributed by atoms with Gasteiger partial charge in [0.15, 0.2) is 0 Å². The van der Waals surface area contributed by atoms with Crippen LogP contribution in [0.4, 0.5) is 5.69 Å². The molecule has 0 radical (unpaired) electrons. The molecule has 3 aromatic carbocycles. The lowest BCUT2D eigenvalue weighted by atomic mass is 9.97. The van der Waals surface area contributed by atoms with Gasteiger partial charge in [-0.15, -0.1) is 0 Å². The first-order valence-electron chi connectivity index (χ1n) is 9.51. The van der Waals surface area contributed by atoms with Crippen molar-refractivity contribution in [1.29, 1.82) is 0 Å². The predicted octanol–water partition coefficient (Wildman–Crippen LogP) is 5.21. The van der Waals surface area contributed by atoms with Crippen molar-refractivity contribution >= 4 is 22.4 Å². The van der Waals surface area contributed by atoms with Gasteiger partial charge in [-0.3, -0.25) is 4.79 Å². The van der Waals surface area contributed by atoms with Crippen molar-refractivity contribution in [3.05, 3.63) is 95.9 Å². The molecule has 0 spiro atoms. The van der Waals surface area contributed by atoms with Gasteiger partial charge in [0.2, 0.25) is 0 Å². The van der Waals surface area contributed by atoms with Gasteiger partial charge in [0, 0.05) is 11.3 Å². The number of para-hydroxylation sites is 1. The normalized spacial score (nSPS) is 15.8. The van der Waals surface area contributed by atoms with Crippen molar-refractivity contribution in [2.75, 3.05) is 12.4 Å². The SMILES string of the molecule is COc1ccc2ccccc2c1C1Nc2ccccc2C(=O)N1Cc1ccco1. The number of benzene rings is 3. The van der Waals surface area contributed by atoms with E-state index in [9.17, 15) is 4.79 Å². The Morgan fingerprint density at radius 2 is 1.83 bits per heavy atom. The van der Waals surface area contributed by atoms with Gasteiger partial charge in [0.25, 0.3) is 5.91 Å². The molecule has 1 aliphatic heterocycles. The molecule has 5 heteroatoms. The minimum Gasteiger partial charge on any atom is -0.496 e. The first-order valence-corrected chi connectivity index (χ1v) is 9.51. The quantitative estimate of drug-likeness (QED) is 0.525. The van der Waals surface area contributed by atoms with Crippen LogP contribution in [0.25, 0.3) is 10.8 Å². The van der Waals surface area contributed by atoms with Crippen LogP contribution >= 0.6 is 0 Å². The number of amides is 1. The number of carbonyl (C=O) groups excluding carboxylic acids is 1. The molecule has 29 heavy (non-hydrogen) atoms. The minimum absolute atomic E-state index is 0.0456. The highest BCUT2D eigenvalue weighted by atomic mass is 16.5.